The van der Waals surface area contributed by atoms with Gasteiger partial charge in [0, 0.05) is 5.69 Å². The largest absolute Gasteiger partial charge is 0.465 e. The third-order valence-corrected chi connectivity index (χ3v) is 3.01. The molecule has 0 aromatic heterocycles. The number of nitrogens with two attached hydrogens (primary N) is 1. The number of hydrogen-bond donors (Lipinski definition) is 2. The van der Waals surface area contributed by atoms with Crippen molar-refractivity contribution in [1.82, 2.24) is 0 Å². The Balaban J connectivity index is 2.14. The molecule has 0 aliphatic heterocycles. The molecule has 0 atom stereocenters. The lowest BCUT2D eigenvalue weighted by molar-refractivity contribution is -0.115. The van der Waals surface area contributed by atoms with Crippen molar-refractivity contribution < 1.29 is 14.3 Å². The van der Waals surface area contributed by atoms with E-state index in [0.29, 0.717) is 16.9 Å². The third kappa shape index (κ3) is 3.60. The van der Waals surface area contributed by atoms with Gasteiger partial charge >= 0.3 is 5.97 Å². The summed E-state index contributed by atoms with van der Waals surface area (Å²) >= 11 is 0. The second-order valence-electron chi connectivity index (χ2n) is 4.46. The Morgan fingerprint density at radius 3 is 2.48 bits per heavy atom. The van der Waals surface area contributed by atoms with Crippen molar-refractivity contribution in [3.63, 3.8) is 0 Å². The quantitative estimate of drug-likeness (QED) is 0.666. The average molecular weight is 284 g/mol. The van der Waals surface area contributed by atoms with Gasteiger partial charge in [-0.3, -0.25) is 4.79 Å². The lowest BCUT2D eigenvalue weighted by atomic mass is 10.1. The molecule has 0 aliphatic rings. The highest BCUT2D eigenvalue weighted by Gasteiger charge is 2.13. The summed E-state index contributed by atoms with van der Waals surface area (Å²) in [7, 11) is 1.30. The Morgan fingerprint density at radius 1 is 1.10 bits per heavy atom. The van der Waals surface area contributed by atoms with Crippen LogP contribution in [-0.2, 0) is 16.0 Å². The lowest BCUT2D eigenvalue weighted by Gasteiger charge is -2.10. The topological polar surface area (TPSA) is 81.4 Å². The van der Waals surface area contributed by atoms with Crippen LogP contribution in [0.4, 0.5) is 11.4 Å². The molecular weight excluding hydrogens is 268 g/mol. The van der Waals surface area contributed by atoms with Crippen molar-refractivity contribution >= 4 is 23.3 Å². The molecule has 0 heterocycles. The maximum atomic E-state index is 12.1. The third-order valence-electron chi connectivity index (χ3n) is 3.01. The van der Waals surface area contributed by atoms with Crippen LogP contribution in [0.25, 0.3) is 0 Å². The van der Waals surface area contributed by atoms with Crippen LogP contribution in [-0.4, -0.2) is 19.0 Å². The fraction of sp³-hybridized carbons (Fsp3) is 0.125. The zero-order valence-electron chi connectivity index (χ0n) is 11.6. The summed E-state index contributed by atoms with van der Waals surface area (Å²) in [5.74, 6) is -0.741. The standard InChI is InChI=1S/C16H16N2O3/c1-21-16(20)12-7-3-5-9-14(12)18-15(19)10-11-6-2-4-8-13(11)17/h2-9H,10,17H2,1H3,(H,18,19). The Bertz CT molecular complexity index is 668. The van der Waals surface area contributed by atoms with Crippen molar-refractivity contribution in [2.24, 2.45) is 0 Å². The van der Waals surface area contributed by atoms with Gasteiger partial charge in [-0.25, -0.2) is 4.79 Å². The number of anilines is 2. The van der Waals surface area contributed by atoms with Crippen molar-refractivity contribution in [3.05, 3.63) is 59.7 Å². The molecule has 1 amide bonds. The summed E-state index contributed by atoms with van der Waals surface area (Å²) < 4.78 is 4.69. The van der Waals surface area contributed by atoms with Crippen molar-refractivity contribution in [2.75, 3.05) is 18.2 Å². The highest BCUT2D eigenvalue weighted by atomic mass is 16.5. The number of amides is 1. The van der Waals surface area contributed by atoms with Gasteiger partial charge in [-0.2, -0.15) is 0 Å². The number of benzene rings is 2. The number of ether oxygens (including phenoxy) is 1. The summed E-state index contributed by atoms with van der Waals surface area (Å²) in [6.07, 6.45) is 0.141. The van der Waals surface area contributed by atoms with Crippen molar-refractivity contribution in [1.29, 1.82) is 0 Å². The number of nitrogen functional groups attached to an aromatic ring is 1. The van der Waals surface area contributed by atoms with E-state index in [1.165, 1.54) is 7.11 Å². The molecule has 5 heteroatoms. The van der Waals surface area contributed by atoms with E-state index in [1.54, 1.807) is 36.4 Å². The second-order valence-corrected chi connectivity index (χ2v) is 4.46. The Kier molecular flexibility index (Phi) is 4.56. The van der Waals surface area contributed by atoms with Crippen LogP contribution in [0.1, 0.15) is 15.9 Å². The molecule has 0 saturated carbocycles. The highest BCUT2D eigenvalue weighted by molar-refractivity contribution is 6.01. The summed E-state index contributed by atoms with van der Waals surface area (Å²) in [5, 5.41) is 2.71. The second kappa shape index (κ2) is 6.56. The maximum absolute atomic E-state index is 12.1. The van der Waals surface area contributed by atoms with E-state index in [1.807, 2.05) is 12.1 Å². The number of carbonyl (C=O) groups excluding carboxylic acids is 2. The molecule has 0 unspecified atom stereocenters. The number of esters is 1. The fourth-order valence-electron chi connectivity index (χ4n) is 1.94. The van der Waals surface area contributed by atoms with E-state index < -0.39 is 5.97 Å². The normalized spacial score (nSPS) is 9.95. The Morgan fingerprint density at radius 2 is 1.76 bits per heavy atom. The fourth-order valence-corrected chi connectivity index (χ4v) is 1.94. The van der Waals surface area contributed by atoms with E-state index in [4.69, 9.17) is 5.73 Å². The molecule has 5 nitrogen and oxygen atoms in total. The zero-order chi connectivity index (χ0) is 15.2. The molecule has 2 aromatic carbocycles. The van der Waals surface area contributed by atoms with E-state index in [2.05, 4.69) is 10.1 Å². The molecule has 0 bridgehead atoms. The molecule has 2 aromatic rings. The van der Waals surface area contributed by atoms with E-state index in [0.717, 1.165) is 5.56 Å². The first kappa shape index (κ1) is 14.6. The van der Waals surface area contributed by atoms with Crippen LogP contribution >= 0.6 is 0 Å². The smallest absolute Gasteiger partial charge is 0.339 e. The summed E-state index contributed by atoms with van der Waals surface area (Å²) in [6, 6.07) is 13.9. The van der Waals surface area contributed by atoms with E-state index in [9.17, 15) is 9.59 Å². The zero-order valence-corrected chi connectivity index (χ0v) is 11.6. The molecule has 0 fully saturated rings. The van der Waals surface area contributed by atoms with E-state index >= 15 is 0 Å². The predicted molar refractivity (Wildman–Crippen MR) is 81.0 cm³/mol. The van der Waals surface area contributed by atoms with Gasteiger partial charge in [0.2, 0.25) is 5.91 Å². The minimum Gasteiger partial charge on any atom is -0.465 e. The molecular formula is C16H16N2O3. The molecule has 0 radical (unpaired) electrons. The number of hydrogen-bond acceptors (Lipinski definition) is 4. The Labute approximate surface area is 122 Å². The van der Waals surface area contributed by atoms with Gasteiger partial charge in [0.15, 0.2) is 0 Å². The maximum Gasteiger partial charge on any atom is 0.339 e. The van der Waals surface area contributed by atoms with Gasteiger partial charge in [0.25, 0.3) is 0 Å². The minimum absolute atomic E-state index is 0.141. The highest BCUT2D eigenvalue weighted by Crippen LogP contribution is 2.17. The molecule has 0 aliphatic carbocycles. The monoisotopic (exact) mass is 284 g/mol. The minimum atomic E-state index is -0.495. The van der Waals surface area contributed by atoms with Crippen LogP contribution in [0.2, 0.25) is 0 Å². The molecule has 0 spiro atoms. The number of para-hydroxylation sites is 2. The van der Waals surface area contributed by atoms with E-state index in [-0.39, 0.29) is 12.3 Å². The van der Waals surface area contributed by atoms with Crippen molar-refractivity contribution in [3.8, 4) is 0 Å². The SMILES string of the molecule is COC(=O)c1ccccc1NC(=O)Cc1ccccc1N. The first-order valence-corrected chi connectivity index (χ1v) is 6.42. The van der Waals surface area contributed by atoms with Crippen LogP contribution in [0, 0.1) is 0 Å². The van der Waals surface area contributed by atoms with Gasteiger partial charge in [-0.1, -0.05) is 30.3 Å². The molecule has 2 rings (SSSR count). The van der Waals surface area contributed by atoms with Gasteiger partial charge < -0.3 is 15.8 Å². The van der Waals surface area contributed by atoms with Gasteiger partial charge in [-0.05, 0) is 23.8 Å². The van der Waals surface area contributed by atoms with Gasteiger partial charge in [0.1, 0.15) is 0 Å². The Hall–Kier alpha value is -2.82. The van der Waals surface area contributed by atoms with Crippen molar-refractivity contribution in [2.45, 2.75) is 6.42 Å². The van der Waals surface area contributed by atoms with Gasteiger partial charge in [-0.15, -0.1) is 0 Å². The number of nitrogens with one attached hydrogen (secondary N) is 1. The summed E-state index contributed by atoms with van der Waals surface area (Å²) in [4.78, 5) is 23.7. The number of carbonyl (C=O) groups is 2. The van der Waals surface area contributed by atoms with Crippen LogP contribution in [0.3, 0.4) is 0 Å². The van der Waals surface area contributed by atoms with Crippen LogP contribution in [0.15, 0.2) is 48.5 Å². The predicted octanol–water partition coefficient (Wildman–Crippen LogP) is 2.24. The lowest BCUT2D eigenvalue weighted by Crippen LogP contribution is -2.17. The average Bonchev–Trinajstić information content (AvgIpc) is 2.49. The number of methoxy groups -OCH3 is 1. The first-order chi connectivity index (χ1) is 10.1. The van der Waals surface area contributed by atoms with Crippen LogP contribution in [0.5, 0.6) is 0 Å². The molecule has 3 N–H and O–H groups in total. The molecule has 0 saturated heterocycles. The van der Waals surface area contributed by atoms with Gasteiger partial charge in [0.05, 0.1) is 24.8 Å². The van der Waals surface area contributed by atoms with Crippen LogP contribution < -0.4 is 11.1 Å². The number of rotatable bonds is 4. The summed E-state index contributed by atoms with van der Waals surface area (Å²) in [6.45, 7) is 0. The molecule has 21 heavy (non-hydrogen) atoms. The first-order valence-electron chi connectivity index (χ1n) is 6.42. The molecule has 108 valence electrons. The summed E-state index contributed by atoms with van der Waals surface area (Å²) in [5.41, 5.74) is 7.85.